The van der Waals surface area contributed by atoms with E-state index in [1.54, 1.807) is 11.8 Å². The quantitative estimate of drug-likeness (QED) is 0.227. The number of hydrogen-bond acceptors (Lipinski definition) is 4. The molecule has 0 aromatic heterocycles. The van der Waals surface area contributed by atoms with E-state index in [1.165, 1.54) is 0 Å². The number of benzene rings is 1. The lowest BCUT2D eigenvalue weighted by Gasteiger charge is -2.15. The number of nitrogens with zero attached hydrogens (tertiary/aromatic N) is 1. The lowest BCUT2D eigenvalue weighted by Crippen LogP contribution is -2.24. The summed E-state index contributed by atoms with van der Waals surface area (Å²) in [6.45, 7) is 0.201. The Kier molecular flexibility index (Phi) is 6.50. The highest BCUT2D eigenvalue weighted by Gasteiger charge is 2.16. The number of aliphatic hydroxyl groups is 1. The van der Waals surface area contributed by atoms with Crippen LogP contribution in [0.15, 0.2) is 35.5 Å². The SMILES string of the molecule is NC(=NO)C(CSCCCO)c1ccccc1. The van der Waals surface area contributed by atoms with Crippen LogP contribution in [0.4, 0.5) is 0 Å². The molecule has 0 aliphatic rings. The molecule has 5 heteroatoms. The third kappa shape index (κ3) is 4.66. The second-order valence-electron chi connectivity index (χ2n) is 3.64. The monoisotopic (exact) mass is 254 g/mol. The molecule has 0 heterocycles. The summed E-state index contributed by atoms with van der Waals surface area (Å²) in [5, 5.41) is 20.6. The lowest BCUT2D eigenvalue weighted by atomic mass is 10.0. The van der Waals surface area contributed by atoms with Crippen LogP contribution in [0.1, 0.15) is 17.9 Å². The molecule has 0 aliphatic carbocycles. The highest BCUT2D eigenvalue weighted by molar-refractivity contribution is 7.99. The zero-order chi connectivity index (χ0) is 12.5. The standard InChI is InChI=1S/C12H18N2O2S/c13-12(14-16)11(9-17-8-4-7-15)10-5-2-1-3-6-10/h1-3,5-6,11,15-16H,4,7-9H2,(H2,13,14). The van der Waals surface area contributed by atoms with Gasteiger partial charge in [0.15, 0.2) is 0 Å². The van der Waals surface area contributed by atoms with Crippen molar-refractivity contribution in [1.29, 1.82) is 0 Å². The number of thioether (sulfide) groups is 1. The van der Waals surface area contributed by atoms with Crippen molar-refractivity contribution in [2.24, 2.45) is 10.9 Å². The van der Waals surface area contributed by atoms with E-state index in [2.05, 4.69) is 5.16 Å². The van der Waals surface area contributed by atoms with Crippen LogP contribution in [0.3, 0.4) is 0 Å². The molecule has 0 aliphatic heterocycles. The molecule has 94 valence electrons. The molecule has 1 aromatic rings. The second kappa shape index (κ2) is 7.97. The molecule has 4 N–H and O–H groups in total. The van der Waals surface area contributed by atoms with Crippen LogP contribution in [-0.2, 0) is 0 Å². The van der Waals surface area contributed by atoms with Crippen LogP contribution in [-0.4, -0.2) is 34.3 Å². The van der Waals surface area contributed by atoms with Crippen LogP contribution in [0.5, 0.6) is 0 Å². The van der Waals surface area contributed by atoms with Gasteiger partial charge in [-0.25, -0.2) is 0 Å². The fourth-order valence-electron chi connectivity index (χ4n) is 1.48. The number of nitrogens with two attached hydrogens (primary N) is 1. The summed E-state index contributed by atoms with van der Waals surface area (Å²) >= 11 is 1.69. The van der Waals surface area contributed by atoms with Gasteiger partial charge in [0.2, 0.25) is 0 Å². The number of oxime groups is 1. The first-order valence-electron chi connectivity index (χ1n) is 5.50. The van der Waals surface area contributed by atoms with Gasteiger partial charge in [-0.15, -0.1) is 0 Å². The average molecular weight is 254 g/mol. The number of aliphatic hydroxyl groups excluding tert-OH is 1. The van der Waals surface area contributed by atoms with Crippen molar-refractivity contribution in [2.45, 2.75) is 12.3 Å². The van der Waals surface area contributed by atoms with Crippen molar-refractivity contribution in [2.75, 3.05) is 18.1 Å². The summed E-state index contributed by atoms with van der Waals surface area (Å²) in [7, 11) is 0. The maximum absolute atomic E-state index is 8.78. The first-order chi connectivity index (χ1) is 8.29. The minimum Gasteiger partial charge on any atom is -0.409 e. The Labute approximate surface area is 106 Å². The summed E-state index contributed by atoms with van der Waals surface area (Å²) in [4.78, 5) is 0. The third-order valence-corrected chi connectivity index (χ3v) is 3.55. The van der Waals surface area contributed by atoms with E-state index in [1.807, 2.05) is 30.3 Å². The van der Waals surface area contributed by atoms with E-state index in [4.69, 9.17) is 16.0 Å². The summed E-state index contributed by atoms with van der Waals surface area (Å²) in [5.74, 6) is 1.77. The predicted molar refractivity (Wildman–Crippen MR) is 71.6 cm³/mol. The highest BCUT2D eigenvalue weighted by Crippen LogP contribution is 2.21. The maximum Gasteiger partial charge on any atom is 0.147 e. The normalized spacial score (nSPS) is 13.6. The van der Waals surface area contributed by atoms with Crippen molar-refractivity contribution < 1.29 is 10.3 Å². The van der Waals surface area contributed by atoms with Gasteiger partial charge in [0.25, 0.3) is 0 Å². The van der Waals surface area contributed by atoms with Crippen LogP contribution in [0, 0.1) is 0 Å². The Balaban J connectivity index is 2.62. The Morgan fingerprint density at radius 1 is 1.35 bits per heavy atom. The first kappa shape index (κ1) is 13.9. The number of hydrogen-bond donors (Lipinski definition) is 3. The van der Waals surface area contributed by atoms with Gasteiger partial charge in [-0.2, -0.15) is 11.8 Å². The van der Waals surface area contributed by atoms with Gasteiger partial charge in [0.1, 0.15) is 5.84 Å². The van der Waals surface area contributed by atoms with Gasteiger partial charge in [-0.1, -0.05) is 35.5 Å². The Morgan fingerprint density at radius 2 is 2.06 bits per heavy atom. The summed E-state index contributed by atoms with van der Waals surface area (Å²) in [5.41, 5.74) is 6.74. The number of rotatable bonds is 7. The fourth-order valence-corrected chi connectivity index (χ4v) is 2.57. The molecule has 0 saturated heterocycles. The van der Waals surface area contributed by atoms with Crippen molar-refractivity contribution in [3.8, 4) is 0 Å². The molecule has 0 bridgehead atoms. The molecule has 0 spiro atoms. The summed E-state index contributed by atoms with van der Waals surface area (Å²) < 4.78 is 0. The van der Waals surface area contributed by atoms with Crippen LogP contribution in [0.25, 0.3) is 0 Å². The molecule has 0 radical (unpaired) electrons. The highest BCUT2D eigenvalue weighted by atomic mass is 32.2. The molecule has 17 heavy (non-hydrogen) atoms. The van der Waals surface area contributed by atoms with Crippen LogP contribution < -0.4 is 5.73 Å². The molecule has 1 atom stereocenters. The van der Waals surface area contributed by atoms with E-state index in [0.29, 0.717) is 0 Å². The van der Waals surface area contributed by atoms with Gasteiger partial charge in [-0.3, -0.25) is 0 Å². The van der Waals surface area contributed by atoms with Crippen molar-refractivity contribution in [3.05, 3.63) is 35.9 Å². The lowest BCUT2D eigenvalue weighted by molar-refractivity contribution is 0.296. The minimum atomic E-state index is -0.0788. The van der Waals surface area contributed by atoms with Crippen molar-refractivity contribution in [3.63, 3.8) is 0 Å². The Morgan fingerprint density at radius 3 is 2.65 bits per heavy atom. The largest absolute Gasteiger partial charge is 0.409 e. The van der Waals surface area contributed by atoms with E-state index in [0.717, 1.165) is 23.5 Å². The molecule has 1 unspecified atom stereocenters. The van der Waals surface area contributed by atoms with Gasteiger partial charge in [0, 0.05) is 12.4 Å². The van der Waals surface area contributed by atoms with Crippen molar-refractivity contribution >= 4 is 17.6 Å². The first-order valence-corrected chi connectivity index (χ1v) is 6.66. The average Bonchev–Trinajstić information content (AvgIpc) is 2.39. The number of amidine groups is 1. The van der Waals surface area contributed by atoms with Crippen molar-refractivity contribution in [1.82, 2.24) is 0 Å². The molecule has 0 fully saturated rings. The van der Waals surface area contributed by atoms with Crippen LogP contribution in [0.2, 0.25) is 0 Å². The van der Waals surface area contributed by atoms with Gasteiger partial charge >= 0.3 is 0 Å². The summed E-state index contributed by atoms with van der Waals surface area (Å²) in [6.07, 6.45) is 0.766. The van der Waals surface area contributed by atoms with Crippen LogP contribution >= 0.6 is 11.8 Å². The third-order valence-electron chi connectivity index (χ3n) is 2.41. The minimum absolute atomic E-state index is 0.0788. The van der Waals surface area contributed by atoms with Gasteiger partial charge in [0.05, 0.1) is 5.92 Å². The molecule has 0 saturated carbocycles. The van der Waals surface area contributed by atoms with E-state index in [-0.39, 0.29) is 18.4 Å². The Hall–Kier alpha value is -1.20. The predicted octanol–water partition coefficient (Wildman–Crippen LogP) is 1.63. The van der Waals surface area contributed by atoms with E-state index >= 15 is 0 Å². The molecular weight excluding hydrogens is 236 g/mol. The van der Waals surface area contributed by atoms with Gasteiger partial charge in [-0.05, 0) is 17.7 Å². The Bertz CT molecular complexity index is 344. The molecule has 1 aromatic carbocycles. The molecule has 1 rings (SSSR count). The summed E-state index contributed by atoms with van der Waals surface area (Å²) in [6, 6.07) is 9.74. The zero-order valence-electron chi connectivity index (χ0n) is 9.62. The topological polar surface area (TPSA) is 78.8 Å². The van der Waals surface area contributed by atoms with E-state index < -0.39 is 0 Å². The fraction of sp³-hybridized carbons (Fsp3) is 0.417. The van der Waals surface area contributed by atoms with E-state index in [9.17, 15) is 0 Å². The maximum atomic E-state index is 8.78. The zero-order valence-corrected chi connectivity index (χ0v) is 10.4. The molecular formula is C12H18N2O2S. The molecule has 0 amide bonds. The molecule has 4 nitrogen and oxygen atoms in total. The van der Waals surface area contributed by atoms with Gasteiger partial charge < -0.3 is 16.0 Å². The smallest absolute Gasteiger partial charge is 0.147 e. The second-order valence-corrected chi connectivity index (χ2v) is 4.79.